The van der Waals surface area contributed by atoms with Gasteiger partial charge in [0.25, 0.3) is 0 Å². The van der Waals surface area contributed by atoms with Crippen molar-refractivity contribution in [3.8, 4) is 0 Å². The largest absolute Gasteiger partial charge is 0.476 e. The lowest BCUT2D eigenvalue weighted by Crippen LogP contribution is -1.94. The van der Waals surface area contributed by atoms with E-state index in [2.05, 4.69) is 20.9 Å². The van der Waals surface area contributed by atoms with Crippen LogP contribution in [0.3, 0.4) is 0 Å². The standard InChI is InChI=1S/C7H6BrNO2S/c8-5-4(3-1-2-3)9-6(12-5)7(10)11/h3H,1-2H2,(H,10,11). The highest BCUT2D eigenvalue weighted by molar-refractivity contribution is 9.11. The number of aromatic nitrogens is 1. The van der Waals surface area contributed by atoms with E-state index in [0.29, 0.717) is 5.92 Å². The zero-order chi connectivity index (χ0) is 8.72. The molecule has 12 heavy (non-hydrogen) atoms. The molecule has 1 aromatic rings. The van der Waals surface area contributed by atoms with E-state index in [1.54, 1.807) is 0 Å². The second-order valence-electron chi connectivity index (χ2n) is 2.76. The van der Waals surface area contributed by atoms with Gasteiger partial charge in [0.2, 0.25) is 5.01 Å². The van der Waals surface area contributed by atoms with Crippen molar-refractivity contribution in [2.75, 3.05) is 0 Å². The van der Waals surface area contributed by atoms with Gasteiger partial charge in [-0.1, -0.05) is 11.3 Å². The van der Waals surface area contributed by atoms with E-state index < -0.39 is 5.97 Å². The minimum Gasteiger partial charge on any atom is -0.476 e. The molecule has 0 amide bonds. The zero-order valence-electron chi connectivity index (χ0n) is 6.08. The molecule has 64 valence electrons. The molecule has 1 aromatic heterocycles. The molecule has 3 nitrogen and oxygen atoms in total. The normalized spacial score (nSPS) is 16.4. The smallest absolute Gasteiger partial charge is 0.365 e. The van der Waals surface area contributed by atoms with Gasteiger partial charge in [-0.05, 0) is 28.8 Å². The second-order valence-corrected chi connectivity index (χ2v) is 5.07. The quantitative estimate of drug-likeness (QED) is 0.874. The number of rotatable bonds is 2. The Morgan fingerprint density at radius 3 is 2.75 bits per heavy atom. The third-order valence-electron chi connectivity index (χ3n) is 1.76. The van der Waals surface area contributed by atoms with Crippen molar-refractivity contribution in [2.45, 2.75) is 18.8 Å². The SMILES string of the molecule is O=C(O)c1nc(C2CC2)c(Br)s1. The molecule has 1 N–H and O–H groups in total. The topological polar surface area (TPSA) is 50.2 Å². The van der Waals surface area contributed by atoms with Crippen molar-refractivity contribution in [1.82, 2.24) is 4.98 Å². The van der Waals surface area contributed by atoms with Crippen molar-refractivity contribution in [3.63, 3.8) is 0 Å². The second kappa shape index (κ2) is 2.81. The van der Waals surface area contributed by atoms with E-state index in [1.165, 1.54) is 11.3 Å². The van der Waals surface area contributed by atoms with E-state index in [1.807, 2.05) is 0 Å². The van der Waals surface area contributed by atoms with Gasteiger partial charge in [-0.25, -0.2) is 9.78 Å². The summed E-state index contributed by atoms with van der Waals surface area (Å²) < 4.78 is 0.877. The van der Waals surface area contributed by atoms with E-state index in [-0.39, 0.29) is 5.01 Å². The third kappa shape index (κ3) is 1.38. The van der Waals surface area contributed by atoms with Crippen LogP contribution in [0.5, 0.6) is 0 Å². The fourth-order valence-corrected chi connectivity index (χ4v) is 2.60. The summed E-state index contributed by atoms with van der Waals surface area (Å²) in [5.74, 6) is -0.434. The van der Waals surface area contributed by atoms with E-state index >= 15 is 0 Å². The van der Waals surface area contributed by atoms with E-state index in [9.17, 15) is 4.79 Å². The van der Waals surface area contributed by atoms with Crippen LogP contribution < -0.4 is 0 Å². The highest BCUT2D eigenvalue weighted by Crippen LogP contribution is 2.44. The Balaban J connectivity index is 2.36. The molecule has 2 rings (SSSR count). The minimum atomic E-state index is -0.937. The highest BCUT2D eigenvalue weighted by atomic mass is 79.9. The summed E-state index contributed by atoms with van der Waals surface area (Å²) in [6.07, 6.45) is 2.28. The Morgan fingerprint density at radius 2 is 2.33 bits per heavy atom. The first-order chi connectivity index (χ1) is 5.68. The average Bonchev–Trinajstić information content (AvgIpc) is 2.75. The van der Waals surface area contributed by atoms with Crippen LogP contribution in [0.1, 0.15) is 34.3 Å². The lowest BCUT2D eigenvalue weighted by Gasteiger charge is -1.87. The van der Waals surface area contributed by atoms with E-state index in [0.717, 1.165) is 22.3 Å². The number of thiazole rings is 1. The average molecular weight is 248 g/mol. The third-order valence-corrected chi connectivity index (χ3v) is 3.50. The maximum absolute atomic E-state index is 10.5. The lowest BCUT2D eigenvalue weighted by atomic mass is 10.3. The predicted molar refractivity (Wildman–Crippen MR) is 48.7 cm³/mol. The number of aromatic carboxylic acids is 1. The summed E-state index contributed by atoms with van der Waals surface area (Å²) in [6, 6.07) is 0. The summed E-state index contributed by atoms with van der Waals surface area (Å²) in [6.45, 7) is 0. The van der Waals surface area contributed by atoms with Gasteiger partial charge in [-0.2, -0.15) is 0 Å². The molecule has 1 aliphatic rings. The molecular formula is C7H6BrNO2S. The Morgan fingerprint density at radius 1 is 1.67 bits per heavy atom. The van der Waals surface area contributed by atoms with Crippen LogP contribution in [0.2, 0.25) is 0 Å². The first-order valence-corrected chi connectivity index (χ1v) is 5.19. The van der Waals surface area contributed by atoms with Crippen molar-refractivity contribution in [3.05, 3.63) is 14.5 Å². The molecule has 1 saturated carbocycles. The van der Waals surface area contributed by atoms with Gasteiger partial charge in [-0.3, -0.25) is 0 Å². The number of carbonyl (C=O) groups is 1. The maximum Gasteiger partial charge on any atom is 0.365 e. The highest BCUT2D eigenvalue weighted by Gasteiger charge is 2.29. The molecule has 0 atom stereocenters. The molecule has 0 aromatic carbocycles. The number of carboxylic acids is 1. The Hall–Kier alpha value is -0.420. The molecule has 0 aliphatic heterocycles. The molecule has 0 spiro atoms. The predicted octanol–water partition coefficient (Wildman–Crippen LogP) is 2.48. The first-order valence-electron chi connectivity index (χ1n) is 3.58. The molecule has 0 radical (unpaired) electrons. The van der Waals surface area contributed by atoms with Crippen LogP contribution >= 0.6 is 27.3 Å². The number of halogens is 1. The van der Waals surface area contributed by atoms with Gasteiger partial charge in [0.05, 0.1) is 9.48 Å². The molecule has 1 aliphatic carbocycles. The van der Waals surface area contributed by atoms with Crippen LogP contribution in [-0.4, -0.2) is 16.1 Å². The van der Waals surface area contributed by atoms with Gasteiger partial charge < -0.3 is 5.11 Å². The molecule has 5 heteroatoms. The van der Waals surface area contributed by atoms with Crippen molar-refractivity contribution in [2.24, 2.45) is 0 Å². The maximum atomic E-state index is 10.5. The van der Waals surface area contributed by atoms with Gasteiger partial charge in [-0.15, -0.1) is 0 Å². The van der Waals surface area contributed by atoms with Gasteiger partial charge in [0.15, 0.2) is 0 Å². The Kier molecular flexibility index (Phi) is 1.92. The monoisotopic (exact) mass is 247 g/mol. The van der Waals surface area contributed by atoms with Crippen LogP contribution in [-0.2, 0) is 0 Å². The van der Waals surface area contributed by atoms with Crippen LogP contribution in [0, 0.1) is 0 Å². The lowest BCUT2D eigenvalue weighted by molar-refractivity contribution is 0.0696. The Labute approximate surface area is 81.6 Å². The van der Waals surface area contributed by atoms with Crippen LogP contribution in [0.4, 0.5) is 0 Å². The minimum absolute atomic E-state index is 0.184. The summed E-state index contributed by atoms with van der Waals surface area (Å²) in [5.41, 5.74) is 0.928. The molecule has 1 fully saturated rings. The van der Waals surface area contributed by atoms with Gasteiger partial charge in [0, 0.05) is 5.92 Å². The number of carboxylic acid groups (broad SMARTS) is 1. The summed E-state index contributed by atoms with van der Waals surface area (Å²) >= 11 is 4.52. The van der Waals surface area contributed by atoms with Crippen molar-refractivity contribution >= 4 is 33.2 Å². The van der Waals surface area contributed by atoms with E-state index in [4.69, 9.17) is 5.11 Å². The fraction of sp³-hybridized carbons (Fsp3) is 0.429. The molecule has 0 saturated heterocycles. The van der Waals surface area contributed by atoms with Crippen molar-refractivity contribution in [1.29, 1.82) is 0 Å². The van der Waals surface area contributed by atoms with Gasteiger partial charge in [0.1, 0.15) is 0 Å². The van der Waals surface area contributed by atoms with Crippen LogP contribution in [0.25, 0.3) is 0 Å². The fourth-order valence-electron chi connectivity index (χ4n) is 1.01. The van der Waals surface area contributed by atoms with Crippen molar-refractivity contribution < 1.29 is 9.90 Å². The zero-order valence-corrected chi connectivity index (χ0v) is 8.48. The molecule has 0 bridgehead atoms. The van der Waals surface area contributed by atoms with Gasteiger partial charge >= 0.3 is 5.97 Å². The number of nitrogens with zero attached hydrogens (tertiary/aromatic N) is 1. The number of hydrogen-bond donors (Lipinski definition) is 1. The number of hydrogen-bond acceptors (Lipinski definition) is 3. The first kappa shape index (κ1) is 8.19. The summed E-state index contributed by atoms with van der Waals surface area (Å²) in [5, 5.41) is 8.84. The molecule has 1 heterocycles. The molecule has 0 unspecified atom stereocenters. The molecular weight excluding hydrogens is 242 g/mol. The Bertz CT molecular complexity index is 332. The summed E-state index contributed by atoms with van der Waals surface area (Å²) in [7, 11) is 0. The summed E-state index contributed by atoms with van der Waals surface area (Å²) in [4.78, 5) is 14.6. The van der Waals surface area contributed by atoms with Crippen LogP contribution in [0.15, 0.2) is 3.79 Å².